The zero-order chi connectivity index (χ0) is 23.7. The molecule has 0 radical (unpaired) electrons. The van der Waals surface area contributed by atoms with Gasteiger partial charge in [0.1, 0.15) is 11.4 Å². The van der Waals surface area contributed by atoms with Gasteiger partial charge in [-0.1, -0.05) is 6.42 Å². The van der Waals surface area contributed by atoms with Crippen molar-refractivity contribution in [1.82, 2.24) is 4.98 Å². The summed E-state index contributed by atoms with van der Waals surface area (Å²) in [7, 11) is 0. The van der Waals surface area contributed by atoms with Gasteiger partial charge in [-0.2, -0.15) is 0 Å². The Balaban J connectivity index is 1.75. The summed E-state index contributed by atoms with van der Waals surface area (Å²) < 4.78 is 18.8. The molecule has 0 atom stereocenters. The SMILES string of the molecule is Cc1csc(NC(=O)CCCCCC(=O)Nc2cc(F)ccc2NC(=O)OC(C)(C)C)n1. The van der Waals surface area contributed by atoms with Gasteiger partial charge in [-0.3, -0.25) is 14.9 Å². The van der Waals surface area contributed by atoms with Crippen molar-refractivity contribution in [3.63, 3.8) is 0 Å². The molecule has 1 aromatic heterocycles. The molecule has 0 bridgehead atoms. The Hall–Kier alpha value is -3.01. The van der Waals surface area contributed by atoms with E-state index in [-0.39, 0.29) is 29.6 Å². The van der Waals surface area contributed by atoms with Crippen LogP contribution in [0.2, 0.25) is 0 Å². The van der Waals surface area contributed by atoms with Gasteiger partial charge < -0.3 is 15.4 Å². The molecular weight excluding hydrogens is 435 g/mol. The van der Waals surface area contributed by atoms with Crippen molar-refractivity contribution in [2.24, 2.45) is 0 Å². The average Bonchev–Trinajstić information content (AvgIpc) is 3.06. The van der Waals surface area contributed by atoms with Gasteiger partial charge in [0.05, 0.1) is 17.1 Å². The van der Waals surface area contributed by atoms with Crippen LogP contribution in [0, 0.1) is 12.7 Å². The number of carbonyl (C=O) groups excluding carboxylic acids is 3. The second kappa shape index (κ2) is 11.6. The highest BCUT2D eigenvalue weighted by Gasteiger charge is 2.18. The van der Waals surface area contributed by atoms with Crippen LogP contribution in [-0.4, -0.2) is 28.5 Å². The minimum absolute atomic E-state index is 0.110. The summed E-state index contributed by atoms with van der Waals surface area (Å²) in [5.41, 5.74) is 0.560. The quantitative estimate of drug-likeness (QED) is 0.427. The molecular formula is C22H29FN4O4S. The third-order valence-corrected chi connectivity index (χ3v) is 4.94. The fourth-order valence-corrected chi connectivity index (χ4v) is 3.40. The Morgan fingerprint density at radius 1 is 1.00 bits per heavy atom. The van der Waals surface area contributed by atoms with Crippen molar-refractivity contribution >= 4 is 45.8 Å². The number of ether oxygens (including phenoxy) is 1. The number of hydrogen-bond acceptors (Lipinski definition) is 6. The van der Waals surface area contributed by atoms with Crippen molar-refractivity contribution in [1.29, 1.82) is 0 Å². The van der Waals surface area contributed by atoms with Crippen LogP contribution in [0.3, 0.4) is 0 Å². The van der Waals surface area contributed by atoms with Gasteiger partial charge >= 0.3 is 6.09 Å². The van der Waals surface area contributed by atoms with Crippen LogP contribution in [0.1, 0.15) is 58.6 Å². The zero-order valence-corrected chi connectivity index (χ0v) is 19.5. The first-order valence-corrected chi connectivity index (χ1v) is 11.2. The van der Waals surface area contributed by atoms with E-state index in [1.807, 2.05) is 12.3 Å². The van der Waals surface area contributed by atoms with Crippen molar-refractivity contribution in [2.45, 2.75) is 65.4 Å². The number of aryl methyl sites for hydroxylation is 1. The molecule has 8 nitrogen and oxygen atoms in total. The minimum atomic E-state index is -0.703. The third-order valence-electron chi connectivity index (χ3n) is 4.06. The van der Waals surface area contributed by atoms with Crippen molar-refractivity contribution in [2.75, 3.05) is 16.0 Å². The first kappa shape index (κ1) is 25.3. The number of carbonyl (C=O) groups is 3. The highest BCUT2D eigenvalue weighted by Crippen LogP contribution is 2.24. The molecule has 0 saturated heterocycles. The number of halogens is 1. The molecule has 0 aliphatic heterocycles. The van der Waals surface area contributed by atoms with E-state index in [2.05, 4.69) is 20.9 Å². The molecule has 10 heteroatoms. The van der Waals surface area contributed by atoms with Crippen LogP contribution in [0.25, 0.3) is 0 Å². The van der Waals surface area contributed by atoms with Gasteiger partial charge in [-0.15, -0.1) is 11.3 Å². The summed E-state index contributed by atoms with van der Waals surface area (Å²) in [5.74, 6) is -0.969. The maximum absolute atomic E-state index is 13.7. The number of amides is 3. The molecule has 0 aliphatic rings. The molecule has 32 heavy (non-hydrogen) atoms. The van der Waals surface area contributed by atoms with Gasteiger partial charge in [-0.05, 0) is 58.7 Å². The number of unbranched alkanes of at least 4 members (excludes halogenated alkanes) is 2. The molecule has 0 aliphatic carbocycles. The molecule has 0 saturated carbocycles. The van der Waals surface area contributed by atoms with Crippen molar-refractivity contribution < 1.29 is 23.5 Å². The van der Waals surface area contributed by atoms with Gasteiger partial charge in [0, 0.05) is 18.2 Å². The molecule has 0 spiro atoms. The number of benzene rings is 1. The van der Waals surface area contributed by atoms with E-state index in [1.54, 1.807) is 20.8 Å². The Kier molecular flexibility index (Phi) is 9.13. The van der Waals surface area contributed by atoms with Crippen molar-refractivity contribution in [3.05, 3.63) is 35.1 Å². The number of anilines is 3. The van der Waals surface area contributed by atoms with Crippen LogP contribution >= 0.6 is 11.3 Å². The number of rotatable bonds is 9. The Labute approximate surface area is 191 Å². The molecule has 3 amide bonds. The highest BCUT2D eigenvalue weighted by atomic mass is 32.1. The number of hydrogen-bond donors (Lipinski definition) is 3. The number of aromatic nitrogens is 1. The number of nitrogens with one attached hydrogen (secondary N) is 3. The van der Waals surface area contributed by atoms with E-state index in [4.69, 9.17) is 4.74 Å². The van der Waals surface area contributed by atoms with Crippen molar-refractivity contribution in [3.8, 4) is 0 Å². The highest BCUT2D eigenvalue weighted by molar-refractivity contribution is 7.13. The minimum Gasteiger partial charge on any atom is -0.444 e. The molecule has 0 fully saturated rings. The lowest BCUT2D eigenvalue weighted by Gasteiger charge is -2.20. The Morgan fingerprint density at radius 3 is 2.25 bits per heavy atom. The maximum Gasteiger partial charge on any atom is 0.412 e. The molecule has 3 N–H and O–H groups in total. The lowest BCUT2D eigenvalue weighted by Crippen LogP contribution is -2.27. The van der Waals surface area contributed by atoms with E-state index in [9.17, 15) is 18.8 Å². The topological polar surface area (TPSA) is 109 Å². The van der Waals surface area contributed by atoms with Gasteiger partial charge in [0.15, 0.2) is 5.13 Å². The van der Waals surface area contributed by atoms with Crippen LogP contribution < -0.4 is 16.0 Å². The van der Waals surface area contributed by atoms with E-state index in [0.29, 0.717) is 30.8 Å². The van der Waals surface area contributed by atoms with E-state index >= 15 is 0 Å². The normalized spacial score (nSPS) is 11.0. The summed E-state index contributed by atoms with van der Waals surface area (Å²) in [4.78, 5) is 40.3. The van der Waals surface area contributed by atoms with E-state index in [0.717, 1.165) is 11.8 Å². The molecule has 0 unspecified atom stereocenters. The number of thiazole rings is 1. The molecule has 2 rings (SSSR count). The largest absolute Gasteiger partial charge is 0.444 e. The predicted molar refractivity (Wildman–Crippen MR) is 123 cm³/mol. The van der Waals surface area contributed by atoms with Crippen LogP contribution in [0.5, 0.6) is 0 Å². The maximum atomic E-state index is 13.7. The third kappa shape index (κ3) is 9.42. The van der Waals surface area contributed by atoms with E-state index in [1.165, 1.54) is 23.5 Å². The van der Waals surface area contributed by atoms with Crippen LogP contribution in [-0.2, 0) is 14.3 Å². The molecule has 174 valence electrons. The monoisotopic (exact) mass is 464 g/mol. The van der Waals surface area contributed by atoms with Gasteiger partial charge in [-0.25, -0.2) is 14.2 Å². The average molecular weight is 465 g/mol. The summed E-state index contributed by atoms with van der Waals surface area (Å²) in [6.07, 6.45) is 1.73. The predicted octanol–water partition coefficient (Wildman–Crippen LogP) is 5.47. The van der Waals surface area contributed by atoms with Gasteiger partial charge in [0.25, 0.3) is 0 Å². The number of nitrogens with zero attached hydrogens (tertiary/aromatic N) is 1. The molecule has 2 aromatic rings. The second-order valence-corrected chi connectivity index (χ2v) is 9.13. The lowest BCUT2D eigenvalue weighted by molar-refractivity contribution is -0.116. The first-order valence-electron chi connectivity index (χ1n) is 10.3. The lowest BCUT2D eigenvalue weighted by atomic mass is 10.1. The van der Waals surface area contributed by atoms with E-state index < -0.39 is 17.5 Å². The Bertz CT molecular complexity index is 956. The summed E-state index contributed by atoms with van der Waals surface area (Å²) >= 11 is 1.38. The van der Waals surface area contributed by atoms with Crippen LogP contribution in [0.4, 0.5) is 25.7 Å². The Morgan fingerprint density at radius 2 is 1.66 bits per heavy atom. The standard InChI is InChI=1S/C22H29FN4O4S/c1-14-13-32-20(24-14)27-19(29)9-7-5-6-8-18(28)25-17-12-15(23)10-11-16(17)26-21(30)31-22(2,3)4/h10-13H,5-9H2,1-4H3,(H,25,28)(H,26,30)(H,24,27,29). The smallest absolute Gasteiger partial charge is 0.412 e. The molecule has 1 heterocycles. The van der Waals surface area contributed by atoms with Gasteiger partial charge in [0.2, 0.25) is 11.8 Å². The van der Waals surface area contributed by atoms with Crippen LogP contribution in [0.15, 0.2) is 23.6 Å². The zero-order valence-electron chi connectivity index (χ0n) is 18.7. The summed E-state index contributed by atoms with van der Waals surface area (Å²) in [5, 5.41) is 10.3. The summed E-state index contributed by atoms with van der Waals surface area (Å²) in [6, 6.07) is 3.67. The fraction of sp³-hybridized carbons (Fsp3) is 0.455. The molecule has 1 aromatic carbocycles. The first-order chi connectivity index (χ1) is 15.0. The summed E-state index contributed by atoms with van der Waals surface area (Å²) in [6.45, 7) is 7.04. The second-order valence-electron chi connectivity index (χ2n) is 8.27. The fourth-order valence-electron chi connectivity index (χ4n) is 2.70.